The predicted octanol–water partition coefficient (Wildman–Crippen LogP) is 3.95. The Morgan fingerprint density at radius 1 is 1.17 bits per heavy atom. The van der Waals surface area contributed by atoms with Crippen LogP contribution in [0.4, 0.5) is 17.1 Å². The monoisotopic (exact) mass is 391 g/mol. The lowest BCUT2D eigenvalue weighted by Crippen LogP contribution is -2.28. The Morgan fingerprint density at radius 2 is 2.00 bits per heavy atom. The van der Waals surface area contributed by atoms with E-state index in [1.54, 1.807) is 36.1 Å². The van der Waals surface area contributed by atoms with E-state index < -0.39 is 10.8 Å². The van der Waals surface area contributed by atoms with E-state index in [1.165, 1.54) is 24.5 Å². The van der Waals surface area contributed by atoms with E-state index in [4.69, 9.17) is 4.42 Å². The minimum absolute atomic E-state index is 0.109. The summed E-state index contributed by atoms with van der Waals surface area (Å²) < 4.78 is 5.20. The van der Waals surface area contributed by atoms with Crippen LogP contribution < -0.4 is 10.2 Å². The molecule has 0 unspecified atom stereocenters. The van der Waals surface area contributed by atoms with Gasteiger partial charge in [0.05, 0.1) is 11.2 Å². The lowest BCUT2D eigenvalue weighted by molar-refractivity contribution is -0.385. The van der Waals surface area contributed by atoms with Gasteiger partial charge in [0.25, 0.3) is 17.5 Å². The van der Waals surface area contributed by atoms with Crippen molar-refractivity contribution in [3.05, 3.63) is 87.4 Å². The molecule has 8 nitrogen and oxygen atoms in total. The molecule has 1 aliphatic heterocycles. The van der Waals surface area contributed by atoms with Crippen molar-refractivity contribution in [3.63, 3.8) is 0 Å². The zero-order valence-electron chi connectivity index (χ0n) is 15.5. The summed E-state index contributed by atoms with van der Waals surface area (Å²) in [5.41, 5.74) is 2.61. The van der Waals surface area contributed by atoms with Gasteiger partial charge >= 0.3 is 0 Å². The van der Waals surface area contributed by atoms with Crippen molar-refractivity contribution >= 4 is 28.9 Å². The quantitative estimate of drug-likeness (QED) is 0.535. The zero-order chi connectivity index (χ0) is 20.5. The number of fused-ring (bicyclic) bond motifs is 1. The molecule has 146 valence electrons. The second kappa shape index (κ2) is 7.23. The number of furan rings is 1. The smallest absolute Gasteiger partial charge is 0.293 e. The third-order valence-corrected chi connectivity index (χ3v) is 4.96. The number of benzene rings is 2. The fourth-order valence-electron chi connectivity index (χ4n) is 3.47. The molecule has 3 aromatic rings. The van der Waals surface area contributed by atoms with Gasteiger partial charge in [-0.2, -0.15) is 0 Å². The van der Waals surface area contributed by atoms with Crippen LogP contribution >= 0.6 is 0 Å². The number of carbonyl (C=O) groups is 2. The first-order valence-corrected chi connectivity index (χ1v) is 8.99. The summed E-state index contributed by atoms with van der Waals surface area (Å²) in [5, 5.41) is 13.9. The third-order valence-electron chi connectivity index (χ3n) is 4.96. The van der Waals surface area contributed by atoms with Crippen molar-refractivity contribution < 1.29 is 18.9 Å². The van der Waals surface area contributed by atoms with Crippen LogP contribution in [0, 0.1) is 17.0 Å². The highest BCUT2D eigenvalue weighted by atomic mass is 16.6. The van der Waals surface area contributed by atoms with Crippen LogP contribution in [0.3, 0.4) is 0 Å². The number of hydrogen-bond donors (Lipinski definition) is 1. The van der Waals surface area contributed by atoms with Gasteiger partial charge in [0.1, 0.15) is 0 Å². The summed E-state index contributed by atoms with van der Waals surface area (Å²) >= 11 is 0. The molecule has 1 aliphatic rings. The average molecular weight is 391 g/mol. The van der Waals surface area contributed by atoms with Crippen molar-refractivity contribution in [1.29, 1.82) is 0 Å². The van der Waals surface area contributed by atoms with Crippen LogP contribution in [0.5, 0.6) is 0 Å². The van der Waals surface area contributed by atoms with Gasteiger partial charge in [0, 0.05) is 35.1 Å². The Hall–Kier alpha value is -3.94. The average Bonchev–Trinajstić information content (AvgIpc) is 3.37. The molecule has 0 saturated heterocycles. The number of rotatable bonds is 4. The number of amides is 2. The first kappa shape index (κ1) is 18.4. The Labute approximate surface area is 165 Å². The van der Waals surface area contributed by atoms with E-state index in [9.17, 15) is 19.7 Å². The molecule has 8 heteroatoms. The standard InChI is InChI=1S/C21H17N3O5/c1-13-16(4-2-5-17(13)24(27)28)20(25)22-15-8-7-14-9-10-23(18(14)12-15)21(26)19-6-3-11-29-19/h2-8,11-12H,9-10H2,1H3,(H,22,25). The molecule has 1 aromatic heterocycles. The molecule has 0 fully saturated rings. The maximum atomic E-state index is 12.7. The molecular formula is C21H17N3O5. The fraction of sp³-hybridized carbons (Fsp3) is 0.143. The highest BCUT2D eigenvalue weighted by Crippen LogP contribution is 2.32. The highest BCUT2D eigenvalue weighted by Gasteiger charge is 2.27. The van der Waals surface area contributed by atoms with Crippen LogP contribution in [-0.2, 0) is 6.42 Å². The predicted molar refractivity (Wildman–Crippen MR) is 106 cm³/mol. The molecule has 2 heterocycles. The Bertz CT molecular complexity index is 1120. The molecule has 0 radical (unpaired) electrons. The van der Waals surface area contributed by atoms with E-state index in [0.717, 1.165) is 5.56 Å². The number of carbonyl (C=O) groups excluding carboxylic acids is 2. The molecule has 2 amide bonds. The SMILES string of the molecule is Cc1c(C(=O)Nc2ccc3c(c2)N(C(=O)c2ccco2)CC3)cccc1[N+](=O)[O-]. The summed E-state index contributed by atoms with van der Waals surface area (Å²) in [5.74, 6) is -0.445. The number of nitro benzene ring substituents is 1. The Balaban J connectivity index is 1.60. The van der Waals surface area contributed by atoms with Gasteiger partial charge in [-0.3, -0.25) is 19.7 Å². The molecule has 1 N–H and O–H groups in total. The number of hydrogen-bond acceptors (Lipinski definition) is 5. The van der Waals surface area contributed by atoms with E-state index in [-0.39, 0.29) is 22.9 Å². The van der Waals surface area contributed by atoms with Gasteiger partial charge in [-0.05, 0) is 49.2 Å². The molecule has 0 aliphatic carbocycles. The van der Waals surface area contributed by atoms with Gasteiger partial charge in [0.15, 0.2) is 5.76 Å². The minimum atomic E-state index is -0.514. The van der Waals surface area contributed by atoms with Crippen LogP contribution in [0.2, 0.25) is 0 Å². The number of nitrogens with zero attached hydrogens (tertiary/aromatic N) is 2. The molecule has 0 atom stereocenters. The van der Waals surface area contributed by atoms with Gasteiger partial charge < -0.3 is 14.6 Å². The normalized spacial score (nSPS) is 12.5. The Morgan fingerprint density at radius 3 is 2.72 bits per heavy atom. The van der Waals surface area contributed by atoms with Gasteiger partial charge in [-0.25, -0.2) is 0 Å². The number of nitro groups is 1. The molecule has 0 saturated carbocycles. The van der Waals surface area contributed by atoms with E-state index in [2.05, 4.69) is 5.32 Å². The molecule has 29 heavy (non-hydrogen) atoms. The fourth-order valence-corrected chi connectivity index (χ4v) is 3.47. The lowest BCUT2D eigenvalue weighted by Gasteiger charge is -2.17. The summed E-state index contributed by atoms with van der Waals surface area (Å²) in [6.45, 7) is 2.07. The summed E-state index contributed by atoms with van der Waals surface area (Å²) in [6.07, 6.45) is 2.15. The molecule has 2 aromatic carbocycles. The van der Waals surface area contributed by atoms with E-state index in [0.29, 0.717) is 29.9 Å². The summed E-state index contributed by atoms with van der Waals surface area (Å²) in [6, 6.07) is 13.0. The van der Waals surface area contributed by atoms with Gasteiger partial charge in [-0.1, -0.05) is 12.1 Å². The third kappa shape index (κ3) is 3.36. The molecular weight excluding hydrogens is 374 g/mol. The maximum absolute atomic E-state index is 12.7. The van der Waals surface area contributed by atoms with Crippen molar-refractivity contribution in [2.24, 2.45) is 0 Å². The Kier molecular flexibility index (Phi) is 4.59. The van der Waals surface area contributed by atoms with Gasteiger partial charge in [0.2, 0.25) is 0 Å². The first-order valence-electron chi connectivity index (χ1n) is 8.99. The topological polar surface area (TPSA) is 106 Å². The van der Waals surface area contributed by atoms with Crippen molar-refractivity contribution in [1.82, 2.24) is 0 Å². The van der Waals surface area contributed by atoms with Crippen molar-refractivity contribution in [2.45, 2.75) is 13.3 Å². The lowest BCUT2D eigenvalue weighted by atomic mass is 10.1. The van der Waals surface area contributed by atoms with E-state index in [1.807, 2.05) is 6.07 Å². The number of nitrogens with one attached hydrogen (secondary N) is 1. The first-order chi connectivity index (χ1) is 14.0. The van der Waals surface area contributed by atoms with Crippen LogP contribution in [0.1, 0.15) is 32.0 Å². The highest BCUT2D eigenvalue weighted by molar-refractivity contribution is 6.08. The largest absolute Gasteiger partial charge is 0.459 e. The van der Waals surface area contributed by atoms with Crippen molar-refractivity contribution in [3.8, 4) is 0 Å². The van der Waals surface area contributed by atoms with Crippen LogP contribution in [0.25, 0.3) is 0 Å². The second-order valence-corrected chi connectivity index (χ2v) is 6.69. The molecule has 0 spiro atoms. The van der Waals surface area contributed by atoms with Crippen molar-refractivity contribution in [2.75, 3.05) is 16.8 Å². The summed E-state index contributed by atoms with van der Waals surface area (Å²) in [7, 11) is 0. The van der Waals surface area contributed by atoms with Gasteiger partial charge in [-0.15, -0.1) is 0 Å². The van der Waals surface area contributed by atoms with Crippen LogP contribution in [-0.4, -0.2) is 23.3 Å². The molecule has 0 bridgehead atoms. The summed E-state index contributed by atoms with van der Waals surface area (Å²) in [4.78, 5) is 37.5. The minimum Gasteiger partial charge on any atom is -0.459 e. The molecule has 4 rings (SSSR count). The number of anilines is 2. The van der Waals surface area contributed by atoms with E-state index >= 15 is 0 Å². The second-order valence-electron chi connectivity index (χ2n) is 6.69. The zero-order valence-corrected chi connectivity index (χ0v) is 15.5. The van der Waals surface area contributed by atoms with Crippen LogP contribution in [0.15, 0.2) is 59.2 Å². The maximum Gasteiger partial charge on any atom is 0.293 e.